The predicted octanol–water partition coefficient (Wildman–Crippen LogP) is 1.66. The molecule has 1 fully saturated rings. The number of alkyl halides is 1. The fourth-order valence-electron chi connectivity index (χ4n) is 2.16. The van der Waals surface area contributed by atoms with E-state index in [1.807, 2.05) is 18.9 Å². The van der Waals surface area contributed by atoms with Crippen molar-refractivity contribution in [1.29, 1.82) is 0 Å². The number of nitrogens with zero attached hydrogens (tertiary/aromatic N) is 2. The van der Waals surface area contributed by atoms with Gasteiger partial charge in [0.15, 0.2) is 0 Å². The van der Waals surface area contributed by atoms with Crippen molar-refractivity contribution in [1.82, 2.24) is 9.80 Å². The number of amides is 1. The summed E-state index contributed by atoms with van der Waals surface area (Å²) in [4.78, 5) is 16.0. The summed E-state index contributed by atoms with van der Waals surface area (Å²) in [5.41, 5.74) is 0. The van der Waals surface area contributed by atoms with Crippen molar-refractivity contribution in [2.24, 2.45) is 11.8 Å². The Bertz CT molecular complexity index is 227. The van der Waals surface area contributed by atoms with Crippen molar-refractivity contribution < 1.29 is 4.79 Å². The molecule has 94 valence electrons. The molecule has 0 aromatic rings. The molecule has 16 heavy (non-hydrogen) atoms. The van der Waals surface area contributed by atoms with Gasteiger partial charge in [-0.25, -0.2) is 0 Å². The van der Waals surface area contributed by atoms with E-state index in [4.69, 9.17) is 11.6 Å². The van der Waals surface area contributed by atoms with Crippen LogP contribution in [0.25, 0.3) is 0 Å². The molecule has 1 aliphatic rings. The van der Waals surface area contributed by atoms with Crippen LogP contribution in [0, 0.1) is 11.8 Å². The number of piperidine rings is 1. The minimum Gasteiger partial charge on any atom is -0.345 e. The van der Waals surface area contributed by atoms with Crippen LogP contribution < -0.4 is 0 Å². The van der Waals surface area contributed by atoms with Crippen LogP contribution in [0.2, 0.25) is 0 Å². The van der Waals surface area contributed by atoms with E-state index in [-0.39, 0.29) is 11.8 Å². The van der Waals surface area contributed by atoms with E-state index in [0.717, 1.165) is 19.6 Å². The predicted molar refractivity (Wildman–Crippen MR) is 67.7 cm³/mol. The van der Waals surface area contributed by atoms with Gasteiger partial charge in [0.05, 0.1) is 0 Å². The van der Waals surface area contributed by atoms with Gasteiger partial charge in [-0.15, -0.1) is 11.6 Å². The Labute approximate surface area is 104 Å². The number of hydrogen-bond donors (Lipinski definition) is 0. The van der Waals surface area contributed by atoms with Gasteiger partial charge in [0.25, 0.3) is 0 Å². The highest BCUT2D eigenvalue weighted by molar-refractivity contribution is 6.19. The first-order chi connectivity index (χ1) is 7.54. The van der Waals surface area contributed by atoms with E-state index in [0.29, 0.717) is 11.8 Å². The first-order valence-electron chi connectivity index (χ1n) is 6.04. The first kappa shape index (κ1) is 13.8. The maximum Gasteiger partial charge on any atom is 0.226 e. The summed E-state index contributed by atoms with van der Waals surface area (Å²) in [6, 6.07) is 0. The van der Waals surface area contributed by atoms with Crippen LogP contribution in [0.3, 0.4) is 0 Å². The molecule has 4 heteroatoms. The van der Waals surface area contributed by atoms with E-state index >= 15 is 0 Å². The number of halogens is 1. The summed E-state index contributed by atoms with van der Waals surface area (Å²) in [5, 5.41) is 0. The lowest BCUT2D eigenvalue weighted by Gasteiger charge is -2.32. The summed E-state index contributed by atoms with van der Waals surface area (Å²) in [7, 11) is 4.05. The second-order valence-corrected chi connectivity index (χ2v) is 5.33. The van der Waals surface area contributed by atoms with Crippen LogP contribution in [0.15, 0.2) is 0 Å². The molecule has 1 unspecified atom stereocenters. The second-order valence-electron chi connectivity index (χ2n) is 5.02. The van der Waals surface area contributed by atoms with E-state index in [9.17, 15) is 4.79 Å². The Kier molecular flexibility index (Phi) is 5.56. The molecule has 0 radical (unpaired) electrons. The largest absolute Gasteiger partial charge is 0.345 e. The third-order valence-electron chi connectivity index (χ3n) is 3.40. The van der Waals surface area contributed by atoms with E-state index in [1.54, 1.807) is 0 Å². The van der Waals surface area contributed by atoms with Crippen molar-refractivity contribution in [3.05, 3.63) is 0 Å². The Hall–Kier alpha value is -0.280. The standard InChI is InChI=1S/C12H23ClN2O/c1-10(8-13)12(16)15(3)9-11-4-6-14(2)7-5-11/h10-11H,4-9H2,1-3H3. The lowest BCUT2D eigenvalue weighted by atomic mass is 9.96. The third-order valence-corrected chi connectivity index (χ3v) is 3.86. The smallest absolute Gasteiger partial charge is 0.226 e. The number of hydrogen-bond acceptors (Lipinski definition) is 2. The monoisotopic (exact) mass is 246 g/mol. The Balaban J connectivity index is 2.33. The molecule has 0 aromatic carbocycles. The summed E-state index contributed by atoms with van der Waals surface area (Å²) in [5.74, 6) is 1.19. The molecule has 0 bridgehead atoms. The van der Waals surface area contributed by atoms with Gasteiger partial charge in [0, 0.05) is 25.4 Å². The van der Waals surface area contributed by atoms with Crippen LogP contribution in [-0.4, -0.2) is 55.3 Å². The van der Waals surface area contributed by atoms with Crippen molar-refractivity contribution >= 4 is 17.5 Å². The number of likely N-dealkylation sites (tertiary alicyclic amines) is 1. The summed E-state index contributed by atoms with van der Waals surface area (Å²) < 4.78 is 0. The molecular weight excluding hydrogens is 224 g/mol. The van der Waals surface area contributed by atoms with E-state index < -0.39 is 0 Å². The van der Waals surface area contributed by atoms with E-state index in [2.05, 4.69) is 11.9 Å². The molecule has 1 rings (SSSR count). The fraction of sp³-hybridized carbons (Fsp3) is 0.917. The molecule has 3 nitrogen and oxygen atoms in total. The second kappa shape index (κ2) is 6.45. The molecular formula is C12H23ClN2O. The zero-order valence-electron chi connectivity index (χ0n) is 10.6. The Morgan fingerprint density at radius 3 is 2.56 bits per heavy atom. The number of carbonyl (C=O) groups excluding carboxylic acids is 1. The van der Waals surface area contributed by atoms with Gasteiger partial charge >= 0.3 is 0 Å². The number of carbonyl (C=O) groups is 1. The molecule has 0 saturated carbocycles. The van der Waals surface area contributed by atoms with Gasteiger partial charge in [0.2, 0.25) is 5.91 Å². The van der Waals surface area contributed by atoms with Crippen LogP contribution in [0.1, 0.15) is 19.8 Å². The van der Waals surface area contributed by atoms with Crippen molar-refractivity contribution in [2.45, 2.75) is 19.8 Å². The maximum atomic E-state index is 11.8. The normalized spacial score (nSPS) is 20.8. The molecule has 1 saturated heterocycles. The summed E-state index contributed by atoms with van der Waals surface area (Å²) >= 11 is 5.70. The van der Waals surface area contributed by atoms with Crippen LogP contribution in [-0.2, 0) is 4.79 Å². The quantitative estimate of drug-likeness (QED) is 0.705. The van der Waals surface area contributed by atoms with Gasteiger partial charge in [0.1, 0.15) is 0 Å². The molecule has 1 atom stereocenters. The summed E-state index contributed by atoms with van der Waals surface area (Å²) in [6.45, 7) is 5.07. The van der Waals surface area contributed by atoms with Gasteiger partial charge in [-0.1, -0.05) is 6.92 Å². The molecule has 1 amide bonds. The molecule has 0 N–H and O–H groups in total. The molecule has 1 heterocycles. The minimum absolute atomic E-state index is 0.0575. The zero-order chi connectivity index (χ0) is 12.1. The highest BCUT2D eigenvalue weighted by atomic mass is 35.5. The maximum absolute atomic E-state index is 11.8. The van der Waals surface area contributed by atoms with Gasteiger partial charge < -0.3 is 9.80 Å². The highest BCUT2D eigenvalue weighted by Crippen LogP contribution is 2.17. The summed E-state index contributed by atoms with van der Waals surface area (Å²) in [6.07, 6.45) is 2.40. The van der Waals surface area contributed by atoms with Crippen molar-refractivity contribution in [2.75, 3.05) is 39.6 Å². The number of rotatable bonds is 4. The van der Waals surface area contributed by atoms with Gasteiger partial charge in [-0.2, -0.15) is 0 Å². The van der Waals surface area contributed by atoms with Gasteiger partial charge in [-0.05, 0) is 38.9 Å². The minimum atomic E-state index is -0.0575. The molecule has 0 spiro atoms. The zero-order valence-corrected chi connectivity index (χ0v) is 11.3. The first-order valence-corrected chi connectivity index (χ1v) is 6.57. The van der Waals surface area contributed by atoms with Crippen LogP contribution >= 0.6 is 11.6 Å². The average molecular weight is 247 g/mol. The SMILES string of the molecule is CC(CCl)C(=O)N(C)CC1CCN(C)CC1. The topological polar surface area (TPSA) is 23.6 Å². The van der Waals surface area contributed by atoms with E-state index in [1.165, 1.54) is 12.8 Å². The van der Waals surface area contributed by atoms with Crippen molar-refractivity contribution in [3.63, 3.8) is 0 Å². The fourth-order valence-corrected chi connectivity index (χ4v) is 2.30. The molecule has 0 aliphatic carbocycles. The van der Waals surface area contributed by atoms with Crippen LogP contribution in [0.5, 0.6) is 0 Å². The molecule has 1 aliphatic heterocycles. The average Bonchev–Trinajstić information content (AvgIpc) is 2.30. The Morgan fingerprint density at radius 2 is 2.06 bits per heavy atom. The highest BCUT2D eigenvalue weighted by Gasteiger charge is 2.22. The van der Waals surface area contributed by atoms with Crippen LogP contribution in [0.4, 0.5) is 0 Å². The van der Waals surface area contributed by atoms with Gasteiger partial charge in [-0.3, -0.25) is 4.79 Å². The lowest BCUT2D eigenvalue weighted by Crippen LogP contribution is -2.40. The molecule has 0 aromatic heterocycles. The Morgan fingerprint density at radius 1 is 1.50 bits per heavy atom. The third kappa shape index (κ3) is 3.95. The van der Waals surface area contributed by atoms with Crippen molar-refractivity contribution in [3.8, 4) is 0 Å². The lowest BCUT2D eigenvalue weighted by molar-refractivity contribution is -0.133.